The first kappa shape index (κ1) is 27.9. The Labute approximate surface area is 236 Å². The molecule has 0 saturated carbocycles. The maximum absolute atomic E-state index is 13.1. The van der Waals surface area contributed by atoms with E-state index in [1.54, 1.807) is 18.2 Å². The van der Waals surface area contributed by atoms with E-state index >= 15 is 0 Å². The standard InChI is InChI=1S/C32H30BrNO5/c1-21(2)20-38-29-17-16-24(33)19-27(29)31(35)34-28(32(36)37)18-22-12-14-23(15-13-22)26-10-6-7-11-30(26)39-25-8-4-3-5-9-25/h3-17,19,21,28H,18,20H2,1-2H3,(H,34,35)(H,36,37). The highest BCUT2D eigenvalue weighted by atomic mass is 79.9. The molecule has 6 nitrogen and oxygen atoms in total. The molecule has 0 saturated heterocycles. The van der Waals surface area contributed by atoms with Gasteiger partial charge in [-0.2, -0.15) is 0 Å². The fourth-order valence-corrected chi connectivity index (χ4v) is 4.32. The van der Waals surface area contributed by atoms with Gasteiger partial charge in [0.25, 0.3) is 5.91 Å². The molecule has 4 rings (SSSR count). The van der Waals surface area contributed by atoms with Crippen LogP contribution in [-0.2, 0) is 11.2 Å². The molecule has 4 aromatic carbocycles. The number of amides is 1. The zero-order chi connectivity index (χ0) is 27.8. The van der Waals surface area contributed by atoms with Crippen LogP contribution in [0.1, 0.15) is 29.8 Å². The van der Waals surface area contributed by atoms with Gasteiger partial charge < -0.3 is 19.9 Å². The molecule has 4 aromatic rings. The normalized spacial score (nSPS) is 11.6. The van der Waals surface area contributed by atoms with E-state index in [0.29, 0.717) is 16.8 Å². The average molecular weight is 588 g/mol. The molecule has 0 bridgehead atoms. The first-order valence-corrected chi connectivity index (χ1v) is 13.5. The predicted molar refractivity (Wildman–Crippen MR) is 155 cm³/mol. The summed E-state index contributed by atoms with van der Waals surface area (Å²) < 4.78 is 12.6. The zero-order valence-electron chi connectivity index (χ0n) is 21.8. The molecule has 39 heavy (non-hydrogen) atoms. The van der Waals surface area contributed by atoms with Gasteiger partial charge in [0.05, 0.1) is 12.2 Å². The zero-order valence-corrected chi connectivity index (χ0v) is 23.4. The minimum atomic E-state index is -1.12. The second-order valence-electron chi connectivity index (χ2n) is 9.52. The lowest BCUT2D eigenvalue weighted by Gasteiger charge is -2.18. The number of benzene rings is 4. The smallest absolute Gasteiger partial charge is 0.326 e. The fraction of sp³-hybridized carbons (Fsp3) is 0.188. The van der Waals surface area contributed by atoms with E-state index in [9.17, 15) is 14.7 Å². The second-order valence-corrected chi connectivity index (χ2v) is 10.4. The van der Waals surface area contributed by atoms with Gasteiger partial charge in [0, 0.05) is 16.5 Å². The van der Waals surface area contributed by atoms with Crippen LogP contribution in [0, 0.1) is 5.92 Å². The lowest BCUT2D eigenvalue weighted by atomic mass is 9.99. The van der Waals surface area contributed by atoms with Gasteiger partial charge in [-0.15, -0.1) is 0 Å². The van der Waals surface area contributed by atoms with Gasteiger partial charge in [-0.1, -0.05) is 90.4 Å². The molecule has 0 spiro atoms. The minimum absolute atomic E-state index is 0.125. The summed E-state index contributed by atoms with van der Waals surface area (Å²) in [5.41, 5.74) is 2.90. The summed E-state index contributed by atoms with van der Waals surface area (Å²) in [6.07, 6.45) is 0.125. The van der Waals surface area contributed by atoms with Crippen LogP contribution in [0.4, 0.5) is 0 Å². The Morgan fingerprint density at radius 1 is 0.872 bits per heavy atom. The Balaban J connectivity index is 1.49. The molecular formula is C32H30BrNO5. The summed E-state index contributed by atoms with van der Waals surface area (Å²) >= 11 is 3.38. The highest BCUT2D eigenvalue weighted by Crippen LogP contribution is 2.33. The molecule has 0 heterocycles. The summed E-state index contributed by atoms with van der Waals surface area (Å²) in [5.74, 6) is 0.520. The quantitative estimate of drug-likeness (QED) is 0.191. The molecule has 0 fully saturated rings. The predicted octanol–water partition coefficient (Wildman–Crippen LogP) is 7.37. The molecule has 0 aliphatic carbocycles. The van der Waals surface area contributed by atoms with E-state index in [4.69, 9.17) is 9.47 Å². The number of ether oxygens (including phenoxy) is 2. The summed E-state index contributed by atoms with van der Waals surface area (Å²) in [5, 5.41) is 12.5. The van der Waals surface area contributed by atoms with Gasteiger partial charge in [0.2, 0.25) is 0 Å². The van der Waals surface area contributed by atoms with Crippen LogP contribution in [0.5, 0.6) is 17.2 Å². The monoisotopic (exact) mass is 587 g/mol. The molecule has 2 N–H and O–H groups in total. The molecular weight excluding hydrogens is 558 g/mol. The van der Waals surface area contributed by atoms with Gasteiger partial charge in [-0.3, -0.25) is 4.79 Å². The molecule has 0 radical (unpaired) electrons. The highest BCUT2D eigenvalue weighted by Gasteiger charge is 2.23. The van der Waals surface area contributed by atoms with Crippen molar-refractivity contribution in [2.24, 2.45) is 5.92 Å². The van der Waals surface area contributed by atoms with E-state index in [1.165, 1.54) is 0 Å². The SMILES string of the molecule is CC(C)COc1ccc(Br)cc1C(=O)NC(Cc1ccc(-c2ccccc2Oc2ccccc2)cc1)C(=O)O. The number of nitrogens with one attached hydrogen (secondary N) is 1. The number of para-hydroxylation sites is 2. The van der Waals surface area contributed by atoms with E-state index in [-0.39, 0.29) is 17.9 Å². The lowest BCUT2D eigenvalue weighted by molar-refractivity contribution is -0.139. The van der Waals surface area contributed by atoms with Crippen molar-refractivity contribution in [2.75, 3.05) is 6.61 Å². The van der Waals surface area contributed by atoms with Crippen molar-refractivity contribution in [1.29, 1.82) is 0 Å². The first-order valence-electron chi connectivity index (χ1n) is 12.7. The molecule has 1 unspecified atom stereocenters. The number of carbonyl (C=O) groups excluding carboxylic acids is 1. The number of halogens is 1. The van der Waals surface area contributed by atoms with Crippen molar-refractivity contribution in [3.8, 4) is 28.4 Å². The summed E-state index contributed by atoms with van der Waals surface area (Å²) in [7, 11) is 0. The number of hydrogen-bond donors (Lipinski definition) is 2. The number of carbonyl (C=O) groups is 2. The molecule has 200 valence electrons. The Kier molecular flexibility index (Phi) is 9.39. The van der Waals surface area contributed by atoms with Crippen LogP contribution in [0.25, 0.3) is 11.1 Å². The van der Waals surface area contributed by atoms with Crippen molar-refractivity contribution in [3.63, 3.8) is 0 Å². The first-order chi connectivity index (χ1) is 18.8. The average Bonchev–Trinajstić information content (AvgIpc) is 2.93. The maximum Gasteiger partial charge on any atom is 0.326 e. The van der Waals surface area contributed by atoms with Crippen LogP contribution in [0.2, 0.25) is 0 Å². The molecule has 0 aliphatic rings. The van der Waals surface area contributed by atoms with Crippen LogP contribution < -0.4 is 14.8 Å². The van der Waals surface area contributed by atoms with Crippen LogP contribution >= 0.6 is 15.9 Å². The van der Waals surface area contributed by atoms with Gasteiger partial charge in [0.1, 0.15) is 23.3 Å². The van der Waals surface area contributed by atoms with Gasteiger partial charge in [-0.05, 0) is 53.4 Å². The molecule has 7 heteroatoms. The van der Waals surface area contributed by atoms with E-state index in [0.717, 1.165) is 28.2 Å². The van der Waals surface area contributed by atoms with Crippen molar-refractivity contribution < 1.29 is 24.2 Å². The topological polar surface area (TPSA) is 84.9 Å². The van der Waals surface area contributed by atoms with Gasteiger partial charge >= 0.3 is 5.97 Å². The van der Waals surface area contributed by atoms with Crippen molar-refractivity contribution >= 4 is 27.8 Å². The maximum atomic E-state index is 13.1. The lowest BCUT2D eigenvalue weighted by Crippen LogP contribution is -2.42. The van der Waals surface area contributed by atoms with Gasteiger partial charge in [0.15, 0.2) is 0 Å². The Hall–Kier alpha value is -4.10. The number of hydrogen-bond acceptors (Lipinski definition) is 4. The molecule has 1 atom stereocenters. The summed E-state index contributed by atoms with van der Waals surface area (Å²) in [4.78, 5) is 25.2. The Morgan fingerprint density at radius 3 is 2.26 bits per heavy atom. The molecule has 0 aromatic heterocycles. The van der Waals surface area contributed by atoms with Crippen molar-refractivity contribution in [1.82, 2.24) is 5.32 Å². The highest BCUT2D eigenvalue weighted by molar-refractivity contribution is 9.10. The van der Waals surface area contributed by atoms with Crippen molar-refractivity contribution in [2.45, 2.75) is 26.3 Å². The number of rotatable bonds is 11. The molecule has 1 amide bonds. The van der Waals surface area contributed by atoms with Crippen LogP contribution in [0.15, 0.2) is 102 Å². The third-order valence-corrected chi connectivity index (χ3v) is 6.42. The van der Waals surface area contributed by atoms with E-state index in [1.807, 2.05) is 92.7 Å². The fourth-order valence-electron chi connectivity index (χ4n) is 3.96. The minimum Gasteiger partial charge on any atom is -0.492 e. The number of carboxylic acid groups (broad SMARTS) is 1. The second kappa shape index (κ2) is 13.1. The summed E-state index contributed by atoms with van der Waals surface area (Å²) in [6, 6.07) is 28.9. The van der Waals surface area contributed by atoms with Crippen LogP contribution in [0.3, 0.4) is 0 Å². The van der Waals surface area contributed by atoms with E-state index in [2.05, 4.69) is 21.2 Å². The van der Waals surface area contributed by atoms with Gasteiger partial charge in [-0.25, -0.2) is 4.79 Å². The number of aliphatic carboxylic acids is 1. The summed E-state index contributed by atoms with van der Waals surface area (Å²) in [6.45, 7) is 4.47. The number of carboxylic acids is 1. The Bertz CT molecular complexity index is 1420. The van der Waals surface area contributed by atoms with E-state index < -0.39 is 17.9 Å². The largest absolute Gasteiger partial charge is 0.492 e. The van der Waals surface area contributed by atoms with Crippen LogP contribution in [-0.4, -0.2) is 29.6 Å². The van der Waals surface area contributed by atoms with Crippen molar-refractivity contribution in [3.05, 3.63) is 113 Å². The third kappa shape index (κ3) is 7.71. The molecule has 0 aliphatic heterocycles. The Morgan fingerprint density at radius 2 is 1.56 bits per heavy atom. The third-order valence-electron chi connectivity index (χ3n) is 5.92.